The Labute approximate surface area is 226 Å². The number of aromatic nitrogens is 2. The molecule has 2 saturated heterocycles. The fourth-order valence-electron chi connectivity index (χ4n) is 5.51. The minimum Gasteiger partial charge on any atom is -0.483 e. The van der Waals surface area contributed by atoms with Crippen LogP contribution in [0, 0.1) is 0 Å². The first-order valence-corrected chi connectivity index (χ1v) is 13.6. The number of fused-ring (bicyclic) bond motifs is 3. The molecule has 2 fully saturated rings. The summed E-state index contributed by atoms with van der Waals surface area (Å²) in [5.74, 6) is 1.77. The highest BCUT2D eigenvalue weighted by atomic mass is 19.4. The van der Waals surface area contributed by atoms with E-state index in [1.165, 1.54) is 5.56 Å². The van der Waals surface area contributed by atoms with E-state index in [-0.39, 0.29) is 6.54 Å². The number of alkyl halides is 3. The third-order valence-corrected chi connectivity index (χ3v) is 7.76. The number of ether oxygens (including phenoxy) is 2. The van der Waals surface area contributed by atoms with Crippen molar-refractivity contribution in [2.45, 2.75) is 32.3 Å². The lowest BCUT2D eigenvalue weighted by Gasteiger charge is -2.34. The molecule has 3 aliphatic rings. The number of piperazine rings is 1. The number of halogens is 3. The second kappa shape index (κ2) is 11.3. The van der Waals surface area contributed by atoms with Crippen molar-refractivity contribution in [2.24, 2.45) is 0 Å². The van der Waals surface area contributed by atoms with Crippen LogP contribution in [0.4, 0.5) is 13.2 Å². The highest BCUT2D eigenvalue weighted by molar-refractivity contribution is 5.69. The van der Waals surface area contributed by atoms with Crippen molar-refractivity contribution in [3.05, 3.63) is 65.7 Å². The molecule has 0 saturated carbocycles. The first-order valence-electron chi connectivity index (χ1n) is 13.6. The molecule has 7 nitrogen and oxygen atoms in total. The summed E-state index contributed by atoms with van der Waals surface area (Å²) in [5.41, 5.74) is 5.47. The third kappa shape index (κ3) is 6.46. The molecule has 0 spiro atoms. The molecule has 0 unspecified atom stereocenters. The van der Waals surface area contributed by atoms with Crippen molar-refractivity contribution in [2.75, 3.05) is 59.0 Å². The van der Waals surface area contributed by atoms with Crippen molar-refractivity contribution >= 4 is 0 Å². The van der Waals surface area contributed by atoms with Crippen LogP contribution in [0.5, 0.6) is 5.75 Å². The normalized spacial score (nSPS) is 18.9. The lowest BCUT2D eigenvalue weighted by molar-refractivity contribution is -0.138. The van der Waals surface area contributed by atoms with Gasteiger partial charge in [-0.3, -0.25) is 14.4 Å². The predicted octanol–water partition coefficient (Wildman–Crippen LogP) is 4.33. The van der Waals surface area contributed by atoms with E-state index in [0.717, 1.165) is 86.6 Å². The molecule has 0 radical (unpaired) electrons. The van der Waals surface area contributed by atoms with Gasteiger partial charge in [0.1, 0.15) is 12.4 Å². The molecule has 10 heteroatoms. The van der Waals surface area contributed by atoms with Gasteiger partial charge in [0.05, 0.1) is 31.0 Å². The smallest absolute Gasteiger partial charge is 0.390 e. The van der Waals surface area contributed by atoms with Gasteiger partial charge in [0.25, 0.3) is 0 Å². The van der Waals surface area contributed by atoms with E-state index in [1.54, 1.807) is 0 Å². The van der Waals surface area contributed by atoms with Gasteiger partial charge in [-0.25, -0.2) is 4.98 Å². The molecule has 208 valence electrons. The summed E-state index contributed by atoms with van der Waals surface area (Å²) in [6.45, 7) is 8.48. The van der Waals surface area contributed by atoms with Crippen LogP contribution in [-0.2, 0) is 24.4 Å². The van der Waals surface area contributed by atoms with Crippen molar-refractivity contribution < 1.29 is 22.6 Å². The van der Waals surface area contributed by atoms with Crippen LogP contribution in [0.25, 0.3) is 16.8 Å². The highest BCUT2D eigenvalue weighted by Gasteiger charge is 2.29. The number of benzene rings is 2. The molecule has 6 rings (SSSR count). The van der Waals surface area contributed by atoms with Crippen molar-refractivity contribution in [3.63, 3.8) is 0 Å². The van der Waals surface area contributed by atoms with Gasteiger partial charge in [-0.1, -0.05) is 30.3 Å². The lowest BCUT2D eigenvalue weighted by Crippen LogP contribution is -2.46. The van der Waals surface area contributed by atoms with E-state index in [0.29, 0.717) is 19.7 Å². The Morgan fingerprint density at radius 3 is 2.23 bits per heavy atom. The van der Waals surface area contributed by atoms with E-state index >= 15 is 0 Å². The minimum absolute atomic E-state index is 0.0916. The molecule has 3 aliphatic heterocycles. The monoisotopic (exact) mass is 541 g/mol. The fourth-order valence-corrected chi connectivity index (χ4v) is 5.51. The number of hydrogen-bond acceptors (Lipinski definition) is 6. The van der Waals surface area contributed by atoms with Gasteiger partial charge in [-0.2, -0.15) is 13.2 Å². The SMILES string of the molecule is FC(F)(F)CCN1CCN(Cc2ccc(-c3ccc4c(c3)OCc3nc(CN5CCOCC5)cn3-4)cc2)CC1. The van der Waals surface area contributed by atoms with Crippen molar-refractivity contribution in [1.82, 2.24) is 24.3 Å². The van der Waals surface area contributed by atoms with Crippen LogP contribution in [0.2, 0.25) is 0 Å². The average Bonchev–Trinajstić information content (AvgIpc) is 3.36. The summed E-state index contributed by atoms with van der Waals surface area (Å²) in [4.78, 5) is 11.4. The number of imidazole rings is 1. The summed E-state index contributed by atoms with van der Waals surface area (Å²) >= 11 is 0. The Balaban J connectivity index is 1.06. The molecule has 0 N–H and O–H groups in total. The Bertz CT molecular complexity index is 1260. The highest BCUT2D eigenvalue weighted by Crippen LogP contribution is 2.34. The maximum absolute atomic E-state index is 12.5. The van der Waals surface area contributed by atoms with Crippen LogP contribution in [-0.4, -0.2) is 89.5 Å². The van der Waals surface area contributed by atoms with Crippen molar-refractivity contribution in [1.29, 1.82) is 0 Å². The van der Waals surface area contributed by atoms with E-state index in [2.05, 4.69) is 63.0 Å². The van der Waals surface area contributed by atoms with Gasteiger partial charge in [0, 0.05) is 65.1 Å². The van der Waals surface area contributed by atoms with Gasteiger partial charge in [0.15, 0.2) is 5.82 Å². The standard InChI is InChI=1S/C29H34F3N5O2/c30-29(31,32)7-8-34-9-11-35(12-10-34)18-22-1-3-23(4-2-22)24-5-6-26-27(17-24)39-21-28-33-25(20-37(26)28)19-36-13-15-38-16-14-36/h1-6,17,20H,7-16,18-19,21H2. The van der Waals surface area contributed by atoms with Gasteiger partial charge in [0.2, 0.25) is 0 Å². The molecule has 39 heavy (non-hydrogen) atoms. The molecular formula is C29H34F3N5O2. The lowest BCUT2D eigenvalue weighted by atomic mass is 10.0. The van der Waals surface area contributed by atoms with Crippen LogP contribution in [0.1, 0.15) is 23.5 Å². The van der Waals surface area contributed by atoms with Crippen molar-refractivity contribution in [3.8, 4) is 22.6 Å². The second-order valence-electron chi connectivity index (χ2n) is 10.6. The van der Waals surface area contributed by atoms with Gasteiger partial charge < -0.3 is 14.4 Å². The number of hydrogen-bond donors (Lipinski definition) is 0. The molecule has 3 aromatic rings. The maximum atomic E-state index is 12.5. The topological polar surface area (TPSA) is 46.0 Å². The van der Waals surface area contributed by atoms with Gasteiger partial charge in [-0.15, -0.1) is 0 Å². The molecule has 0 atom stereocenters. The Morgan fingerprint density at radius 1 is 0.795 bits per heavy atom. The zero-order valence-electron chi connectivity index (χ0n) is 22.0. The van der Waals surface area contributed by atoms with E-state index in [4.69, 9.17) is 14.5 Å². The van der Waals surface area contributed by atoms with Gasteiger partial charge in [-0.05, 0) is 28.8 Å². The molecule has 2 aromatic carbocycles. The number of morpholine rings is 1. The van der Waals surface area contributed by atoms with E-state index in [1.807, 2.05) is 4.90 Å². The number of nitrogens with zero attached hydrogens (tertiary/aromatic N) is 5. The van der Waals surface area contributed by atoms with Crippen LogP contribution >= 0.6 is 0 Å². The molecule has 0 amide bonds. The zero-order chi connectivity index (χ0) is 26.8. The maximum Gasteiger partial charge on any atom is 0.390 e. The van der Waals surface area contributed by atoms with Gasteiger partial charge >= 0.3 is 6.18 Å². The summed E-state index contributed by atoms with van der Waals surface area (Å²) in [5, 5.41) is 0. The summed E-state index contributed by atoms with van der Waals surface area (Å²) in [7, 11) is 0. The molecular weight excluding hydrogens is 507 g/mol. The average molecular weight is 542 g/mol. The zero-order valence-corrected chi connectivity index (χ0v) is 22.0. The summed E-state index contributed by atoms with van der Waals surface area (Å²) in [6, 6.07) is 14.8. The van der Waals surface area contributed by atoms with E-state index < -0.39 is 12.6 Å². The molecule has 0 aliphatic carbocycles. The largest absolute Gasteiger partial charge is 0.483 e. The van der Waals surface area contributed by atoms with Crippen LogP contribution in [0.3, 0.4) is 0 Å². The minimum atomic E-state index is -4.09. The Morgan fingerprint density at radius 2 is 1.49 bits per heavy atom. The van der Waals surface area contributed by atoms with Crippen LogP contribution in [0.15, 0.2) is 48.7 Å². The molecule has 0 bridgehead atoms. The van der Waals surface area contributed by atoms with Crippen LogP contribution < -0.4 is 4.74 Å². The third-order valence-electron chi connectivity index (χ3n) is 7.76. The molecule has 1 aromatic heterocycles. The second-order valence-corrected chi connectivity index (χ2v) is 10.6. The summed E-state index contributed by atoms with van der Waals surface area (Å²) in [6.07, 6.45) is -2.70. The number of rotatable bonds is 7. The summed E-state index contributed by atoms with van der Waals surface area (Å²) < 4.78 is 51.2. The predicted molar refractivity (Wildman–Crippen MR) is 142 cm³/mol. The fraction of sp³-hybridized carbons (Fsp3) is 0.483. The first kappa shape index (κ1) is 26.3. The Hall–Kier alpha value is -2.92. The molecule has 4 heterocycles. The Kier molecular flexibility index (Phi) is 7.61. The van der Waals surface area contributed by atoms with E-state index in [9.17, 15) is 13.2 Å². The quantitative estimate of drug-likeness (QED) is 0.444. The first-order chi connectivity index (χ1) is 18.9.